The van der Waals surface area contributed by atoms with Crippen molar-refractivity contribution in [3.63, 3.8) is 0 Å². The van der Waals surface area contributed by atoms with E-state index in [0.717, 1.165) is 19.3 Å². The van der Waals surface area contributed by atoms with Crippen molar-refractivity contribution in [1.82, 2.24) is 24.8 Å². The number of aliphatic hydroxyl groups excluding tert-OH is 2. The van der Waals surface area contributed by atoms with Crippen LogP contribution in [0.25, 0.3) is 11.2 Å². The summed E-state index contributed by atoms with van der Waals surface area (Å²) in [5.41, 5.74) is 0.973. The number of nitrogens with one attached hydrogen (secondary N) is 2. The average Bonchev–Trinajstić information content (AvgIpc) is 3.49. The molecule has 5 atom stereocenters. The van der Waals surface area contributed by atoms with Gasteiger partial charge in [0.25, 0.3) is 0 Å². The summed E-state index contributed by atoms with van der Waals surface area (Å²) in [5.74, 6) is 0.566. The molecular weight excluding hydrogens is 408 g/mol. The number of anilines is 1. The minimum Gasteiger partial charge on any atom is -0.447 e. The van der Waals surface area contributed by atoms with E-state index in [4.69, 9.17) is 14.2 Å². The number of nitrogens with zero attached hydrogens (tertiary/aromatic N) is 4. The van der Waals surface area contributed by atoms with Crippen LogP contribution in [-0.2, 0) is 14.2 Å². The second-order valence-electron chi connectivity index (χ2n) is 7.68. The van der Waals surface area contributed by atoms with E-state index in [1.165, 1.54) is 12.7 Å². The molecule has 0 aromatic carbocycles. The summed E-state index contributed by atoms with van der Waals surface area (Å²) in [7, 11) is 0. The second kappa shape index (κ2) is 9.73. The van der Waals surface area contributed by atoms with Crippen molar-refractivity contribution >= 4 is 23.1 Å². The summed E-state index contributed by atoms with van der Waals surface area (Å²) in [4.78, 5) is 24.7. The number of unbranched alkanes of at least 4 members (excludes halogenated alkanes) is 1. The Kier molecular flexibility index (Phi) is 6.80. The first-order valence-electron chi connectivity index (χ1n) is 10.5. The average molecular weight is 436 g/mol. The zero-order chi connectivity index (χ0) is 21.8. The first-order valence-corrected chi connectivity index (χ1v) is 10.5. The lowest BCUT2D eigenvalue weighted by Crippen LogP contribution is -2.36. The van der Waals surface area contributed by atoms with Crippen molar-refractivity contribution in [1.29, 1.82) is 0 Å². The van der Waals surface area contributed by atoms with Gasteiger partial charge < -0.3 is 35.1 Å². The van der Waals surface area contributed by atoms with Crippen molar-refractivity contribution in [2.24, 2.45) is 0 Å². The van der Waals surface area contributed by atoms with Crippen molar-refractivity contribution in [3.05, 3.63) is 12.7 Å². The van der Waals surface area contributed by atoms with Gasteiger partial charge in [0.05, 0.1) is 19.0 Å². The van der Waals surface area contributed by atoms with Crippen LogP contribution >= 0.6 is 0 Å². The van der Waals surface area contributed by atoms with Gasteiger partial charge in [-0.2, -0.15) is 0 Å². The molecule has 4 rings (SSSR count). The standard InChI is InChI=1S/C19H28N6O6/c1-2-3-5-20-19(28)30-8-12-14(26)15(27)18(31-12)25-10-23-13-16(21-9-22-17(13)25)24-11-4-6-29-7-11/h9-12,14-15,18,26-27H,2-8H2,1H3,(H,20,28)(H,21,22,24)/t11?,12-,14-,15-,18?/m1/s1. The molecule has 12 heteroatoms. The number of carbonyl (C=O) groups is 1. The Hall–Kier alpha value is -2.54. The lowest BCUT2D eigenvalue weighted by atomic mass is 10.1. The van der Waals surface area contributed by atoms with Gasteiger partial charge in [0.15, 0.2) is 23.2 Å². The zero-order valence-electron chi connectivity index (χ0n) is 17.3. The Labute approximate surface area is 178 Å². The fourth-order valence-corrected chi connectivity index (χ4v) is 3.66. The minimum absolute atomic E-state index is 0.142. The minimum atomic E-state index is -1.25. The molecule has 0 aliphatic carbocycles. The second-order valence-corrected chi connectivity index (χ2v) is 7.68. The third kappa shape index (κ3) is 4.71. The number of hydrogen-bond donors (Lipinski definition) is 4. The van der Waals surface area contributed by atoms with E-state index in [2.05, 4.69) is 25.6 Å². The van der Waals surface area contributed by atoms with Gasteiger partial charge in [-0.05, 0) is 12.8 Å². The fourth-order valence-electron chi connectivity index (χ4n) is 3.66. The Morgan fingerprint density at radius 3 is 2.97 bits per heavy atom. The van der Waals surface area contributed by atoms with Crippen LogP contribution < -0.4 is 10.6 Å². The number of ether oxygens (including phenoxy) is 3. The third-order valence-electron chi connectivity index (χ3n) is 5.42. The number of imidazole rings is 1. The smallest absolute Gasteiger partial charge is 0.407 e. The van der Waals surface area contributed by atoms with Gasteiger partial charge in [-0.1, -0.05) is 13.3 Å². The summed E-state index contributed by atoms with van der Waals surface area (Å²) in [6.45, 7) is 3.63. The van der Waals surface area contributed by atoms with E-state index in [9.17, 15) is 15.0 Å². The Bertz CT molecular complexity index is 888. The van der Waals surface area contributed by atoms with E-state index in [1.807, 2.05) is 6.92 Å². The first kappa shape index (κ1) is 21.7. The largest absolute Gasteiger partial charge is 0.447 e. The summed E-state index contributed by atoms with van der Waals surface area (Å²) in [6.07, 6.45) is 0.661. The maximum atomic E-state index is 11.7. The molecule has 0 bridgehead atoms. The number of amides is 1. The highest BCUT2D eigenvalue weighted by Gasteiger charge is 2.45. The van der Waals surface area contributed by atoms with Crippen molar-refractivity contribution in [2.75, 3.05) is 31.7 Å². The maximum absolute atomic E-state index is 11.7. The van der Waals surface area contributed by atoms with E-state index in [1.54, 1.807) is 4.57 Å². The number of aliphatic hydroxyl groups is 2. The van der Waals surface area contributed by atoms with Crippen LogP contribution in [0.3, 0.4) is 0 Å². The SMILES string of the molecule is CCCCNC(=O)OC[C@H]1OC(n2cnc3c(NC4CCOC4)ncnc32)[C@H](O)[C@@H]1O. The molecule has 4 N–H and O–H groups in total. The summed E-state index contributed by atoms with van der Waals surface area (Å²) >= 11 is 0. The number of alkyl carbamates (subject to hydrolysis) is 1. The molecule has 2 aromatic rings. The molecule has 2 fully saturated rings. The van der Waals surface area contributed by atoms with Crippen molar-refractivity contribution in [3.8, 4) is 0 Å². The lowest BCUT2D eigenvalue weighted by molar-refractivity contribution is -0.0533. The van der Waals surface area contributed by atoms with E-state index < -0.39 is 30.6 Å². The quantitative estimate of drug-likeness (QED) is 0.421. The van der Waals surface area contributed by atoms with Gasteiger partial charge in [0, 0.05) is 13.2 Å². The van der Waals surface area contributed by atoms with Crippen LogP contribution in [0.1, 0.15) is 32.4 Å². The van der Waals surface area contributed by atoms with Crippen LogP contribution in [-0.4, -0.2) is 86.5 Å². The summed E-state index contributed by atoms with van der Waals surface area (Å²) in [5, 5.41) is 26.9. The molecule has 2 saturated heterocycles. The van der Waals surface area contributed by atoms with E-state index in [0.29, 0.717) is 36.7 Å². The molecule has 4 heterocycles. The van der Waals surface area contributed by atoms with E-state index in [-0.39, 0.29) is 12.6 Å². The molecule has 12 nitrogen and oxygen atoms in total. The van der Waals surface area contributed by atoms with Gasteiger partial charge in [0.2, 0.25) is 0 Å². The van der Waals surface area contributed by atoms with E-state index >= 15 is 0 Å². The van der Waals surface area contributed by atoms with Crippen LogP contribution in [0.15, 0.2) is 12.7 Å². The molecule has 2 unspecified atom stereocenters. The molecule has 31 heavy (non-hydrogen) atoms. The van der Waals surface area contributed by atoms with Crippen LogP contribution in [0.5, 0.6) is 0 Å². The molecule has 0 spiro atoms. The first-order chi connectivity index (χ1) is 15.1. The predicted molar refractivity (Wildman–Crippen MR) is 108 cm³/mol. The molecular formula is C19H28N6O6. The highest BCUT2D eigenvalue weighted by molar-refractivity contribution is 5.82. The normalized spacial score (nSPS) is 28.2. The monoisotopic (exact) mass is 436 g/mol. The highest BCUT2D eigenvalue weighted by atomic mass is 16.6. The van der Waals surface area contributed by atoms with Crippen molar-refractivity contribution < 1.29 is 29.2 Å². The number of rotatable bonds is 8. The van der Waals surface area contributed by atoms with Crippen LogP contribution in [0.2, 0.25) is 0 Å². The fraction of sp³-hybridized carbons (Fsp3) is 0.684. The van der Waals surface area contributed by atoms with Gasteiger partial charge in [-0.25, -0.2) is 19.7 Å². The molecule has 2 aliphatic rings. The van der Waals surface area contributed by atoms with Gasteiger partial charge in [-0.3, -0.25) is 4.57 Å². The molecule has 2 aromatic heterocycles. The molecule has 2 aliphatic heterocycles. The maximum Gasteiger partial charge on any atom is 0.407 e. The third-order valence-corrected chi connectivity index (χ3v) is 5.42. The Morgan fingerprint density at radius 2 is 2.19 bits per heavy atom. The molecule has 170 valence electrons. The van der Waals surface area contributed by atoms with Gasteiger partial charge >= 0.3 is 6.09 Å². The summed E-state index contributed by atoms with van der Waals surface area (Å²) in [6, 6.07) is 0.142. The summed E-state index contributed by atoms with van der Waals surface area (Å²) < 4.78 is 17.8. The topological polar surface area (TPSA) is 153 Å². The Balaban J connectivity index is 1.43. The van der Waals surface area contributed by atoms with Crippen LogP contribution in [0.4, 0.5) is 10.6 Å². The molecule has 1 amide bonds. The molecule has 0 saturated carbocycles. The van der Waals surface area contributed by atoms with Gasteiger partial charge in [-0.15, -0.1) is 0 Å². The zero-order valence-corrected chi connectivity index (χ0v) is 17.3. The number of fused-ring (bicyclic) bond motifs is 1. The highest BCUT2D eigenvalue weighted by Crippen LogP contribution is 2.32. The van der Waals surface area contributed by atoms with Crippen molar-refractivity contribution in [2.45, 2.75) is 56.8 Å². The lowest BCUT2D eigenvalue weighted by Gasteiger charge is -2.17. The Morgan fingerprint density at radius 1 is 1.32 bits per heavy atom. The predicted octanol–water partition coefficient (Wildman–Crippen LogP) is 0.173. The van der Waals surface area contributed by atoms with Crippen LogP contribution in [0, 0.1) is 0 Å². The number of aromatic nitrogens is 4. The van der Waals surface area contributed by atoms with Gasteiger partial charge in [0.1, 0.15) is 31.2 Å². The number of hydrogen-bond acceptors (Lipinski definition) is 10. The number of carbonyl (C=O) groups excluding carboxylic acids is 1. The molecule has 0 radical (unpaired) electrons.